The molecule has 5 heteroatoms. The van der Waals surface area contributed by atoms with E-state index >= 15 is 0 Å². The fourth-order valence-corrected chi connectivity index (χ4v) is 4.55. The van der Waals surface area contributed by atoms with E-state index in [-0.39, 0.29) is 23.8 Å². The van der Waals surface area contributed by atoms with E-state index in [4.69, 9.17) is 14.2 Å². The Morgan fingerprint density at radius 1 is 1.00 bits per heavy atom. The lowest BCUT2D eigenvalue weighted by Crippen LogP contribution is -2.37. The van der Waals surface area contributed by atoms with Crippen LogP contribution in [0, 0.1) is 11.8 Å². The second-order valence-corrected chi connectivity index (χ2v) is 10.4. The van der Waals surface area contributed by atoms with Gasteiger partial charge in [0.25, 0.3) is 0 Å². The minimum atomic E-state index is -0.615. The maximum absolute atomic E-state index is 13.1. The van der Waals surface area contributed by atoms with E-state index in [1.807, 2.05) is 57.2 Å². The normalized spacial score (nSPS) is 18.3. The fourth-order valence-electron chi connectivity index (χ4n) is 4.55. The van der Waals surface area contributed by atoms with Gasteiger partial charge in [0.1, 0.15) is 11.4 Å². The van der Waals surface area contributed by atoms with E-state index < -0.39 is 5.60 Å². The summed E-state index contributed by atoms with van der Waals surface area (Å²) in [4.78, 5) is 26.0. The number of cyclic esters (lactones) is 1. The van der Waals surface area contributed by atoms with Gasteiger partial charge in [-0.25, -0.2) is 4.79 Å². The molecule has 2 atom stereocenters. The Bertz CT molecular complexity index is 834. The van der Waals surface area contributed by atoms with E-state index in [0.29, 0.717) is 31.0 Å². The zero-order valence-electron chi connectivity index (χ0n) is 22.1. The molecule has 0 radical (unpaired) electrons. The topological polar surface area (TPSA) is 61.8 Å². The molecule has 1 heterocycles. The molecular formula is C30H44O5. The molecular weight excluding hydrogens is 440 g/mol. The molecule has 0 bridgehead atoms. The lowest BCUT2D eigenvalue weighted by atomic mass is 9.77. The van der Waals surface area contributed by atoms with Crippen molar-refractivity contribution in [2.75, 3.05) is 6.61 Å². The van der Waals surface area contributed by atoms with Gasteiger partial charge in [0.05, 0.1) is 18.1 Å². The highest BCUT2D eigenvalue weighted by atomic mass is 16.6. The minimum Gasteiger partial charge on any atom is -0.457 e. The molecule has 0 aromatic heterocycles. The molecule has 0 saturated heterocycles. The summed E-state index contributed by atoms with van der Waals surface area (Å²) >= 11 is 0. The van der Waals surface area contributed by atoms with Gasteiger partial charge in [0.15, 0.2) is 0 Å². The predicted octanol–water partition coefficient (Wildman–Crippen LogP) is 7.31. The van der Waals surface area contributed by atoms with Gasteiger partial charge < -0.3 is 14.2 Å². The number of unbranched alkanes of at least 4 members (excludes halogenated alkanes) is 5. The van der Waals surface area contributed by atoms with E-state index in [2.05, 4.69) is 6.58 Å². The Kier molecular flexibility index (Phi) is 12.3. The molecule has 5 nitrogen and oxygen atoms in total. The van der Waals surface area contributed by atoms with Crippen molar-refractivity contribution in [1.82, 2.24) is 0 Å². The van der Waals surface area contributed by atoms with Crippen LogP contribution in [0.1, 0.15) is 91.0 Å². The Morgan fingerprint density at radius 3 is 2.34 bits per heavy atom. The van der Waals surface area contributed by atoms with Crippen LogP contribution in [0.5, 0.6) is 0 Å². The highest BCUT2D eigenvalue weighted by Gasteiger charge is 2.41. The van der Waals surface area contributed by atoms with Crippen LogP contribution in [0.25, 0.3) is 0 Å². The number of hydrogen-bond acceptors (Lipinski definition) is 5. The quantitative estimate of drug-likeness (QED) is 0.148. The summed E-state index contributed by atoms with van der Waals surface area (Å²) in [5, 5.41) is 0. The highest BCUT2D eigenvalue weighted by Crippen LogP contribution is 2.38. The molecule has 0 spiro atoms. The lowest BCUT2D eigenvalue weighted by molar-refractivity contribution is -0.155. The summed E-state index contributed by atoms with van der Waals surface area (Å²) in [5.41, 5.74) is 1.03. The van der Waals surface area contributed by atoms with Gasteiger partial charge in [0.2, 0.25) is 0 Å². The van der Waals surface area contributed by atoms with Crippen molar-refractivity contribution in [1.29, 1.82) is 0 Å². The van der Waals surface area contributed by atoms with Gasteiger partial charge >= 0.3 is 11.9 Å². The van der Waals surface area contributed by atoms with Crippen molar-refractivity contribution >= 4 is 11.9 Å². The van der Waals surface area contributed by atoms with Gasteiger partial charge in [-0.15, -0.1) is 6.58 Å². The van der Waals surface area contributed by atoms with Crippen molar-refractivity contribution in [3.05, 3.63) is 59.9 Å². The second kappa shape index (κ2) is 14.9. The van der Waals surface area contributed by atoms with Gasteiger partial charge in [-0.3, -0.25) is 4.79 Å². The molecule has 0 amide bonds. The zero-order chi connectivity index (χ0) is 25.7. The van der Waals surface area contributed by atoms with Crippen LogP contribution in [0.4, 0.5) is 0 Å². The van der Waals surface area contributed by atoms with Crippen molar-refractivity contribution < 1.29 is 23.8 Å². The van der Waals surface area contributed by atoms with Crippen LogP contribution in [-0.2, 0) is 30.4 Å². The minimum absolute atomic E-state index is 0.216. The maximum Gasteiger partial charge on any atom is 0.338 e. The summed E-state index contributed by atoms with van der Waals surface area (Å²) in [7, 11) is 0. The van der Waals surface area contributed by atoms with Crippen molar-refractivity contribution in [2.45, 2.75) is 97.7 Å². The van der Waals surface area contributed by atoms with Gasteiger partial charge in [-0.2, -0.15) is 0 Å². The molecule has 0 aliphatic carbocycles. The third-order valence-electron chi connectivity index (χ3n) is 6.25. The molecule has 0 N–H and O–H groups in total. The van der Waals surface area contributed by atoms with Crippen molar-refractivity contribution in [2.24, 2.45) is 11.8 Å². The Balaban J connectivity index is 2.02. The standard InChI is InChI=1S/C30H44O5/c1-6-7-8-9-10-11-15-19-26-25(20-16-21-33-22-24-17-13-12-14-18-24)27(23(2)34-28(26)31)29(32)35-30(3,4)5/h6,12-14,17-18,25-26H,1,7-11,15-16,19-22H2,2-5H3/t25-,26-/m1/s1. The van der Waals surface area contributed by atoms with Crippen LogP contribution in [-0.4, -0.2) is 24.1 Å². The Hall–Kier alpha value is -2.40. The molecule has 2 rings (SSSR count). The lowest BCUT2D eigenvalue weighted by Gasteiger charge is -2.33. The van der Waals surface area contributed by atoms with Crippen molar-refractivity contribution in [3.8, 4) is 0 Å². The third kappa shape index (κ3) is 10.4. The maximum atomic E-state index is 13.1. The van der Waals surface area contributed by atoms with Crippen molar-refractivity contribution in [3.63, 3.8) is 0 Å². The molecule has 1 aromatic carbocycles. The number of ether oxygens (including phenoxy) is 3. The average Bonchev–Trinajstić information content (AvgIpc) is 2.79. The summed E-state index contributed by atoms with van der Waals surface area (Å²) in [5.74, 6) is -0.778. The zero-order valence-corrected chi connectivity index (χ0v) is 22.1. The van der Waals surface area contributed by atoms with Crippen LogP contribution in [0.15, 0.2) is 54.3 Å². The number of esters is 2. The highest BCUT2D eigenvalue weighted by molar-refractivity contribution is 5.93. The molecule has 194 valence electrons. The average molecular weight is 485 g/mol. The van der Waals surface area contributed by atoms with Crippen LogP contribution in [0.2, 0.25) is 0 Å². The number of carbonyl (C=O) groups is 2. The molecule has 1 aliphatic heterocycles. The summed E-state index contributed by atoms with van der Waals surface area (Å²) < 4.78 is 17.1. The molecule has 0 unspecified atom stereocenters. The number of rotatable bonds is 15. The Labute approximate surface area is 211 Å². The predicted molar refractivity (Wildman–Crippen MR) is 139 cm³/mol. The SMILES string of the molecule is C=CCCCCCCC[C@H]1C(=O)OC(C)=C(C(=O)OC(C)(C)C)[C@@H]1CCCOCc1ccccc1. The smallest absolute Gasteiger partial charge is 0.338 e. The van der Waals surface area contributed by atoms with Crippen LogP contribution < -0.4 is 0 Å². The van der Waals surface area contributed by atoms with Gasteiger partial charge in [0, 0.05) is 12.5 Å². The molecule has 1 aromatic rings. The van der Waals surface area contributed by atoms with E-state index in [0.717, 1.165) is 50.5 Å². The first-order valence-corrected chi connectivity index (χ1v) is 13.1. The summed E-state index contributed by atoms with van der Waals surface area (Å²) in [6.07, 6.45) is 10.6. The second-order valence-electron chi connectivity index (χ2n) is 10.4. The third-order valence-corrected chi connectivity index (χ3v) is 6.25. The molecule has 35 heavy (non-hydrogen) atoms. The van der Waals surface area contributed by atoms with Gasteiger partial charge in [-0.1, -0.05) is 62.1 Å². The fraction of sp³-hybridized carbons (Fsp3) is 0.600. The number of allylic oxidation sites excluding steroid dienone is 2. The summed E-state index contributed by atoms with van der Waals surface area (Å²) in [6.45, 7) is 12.1. The first kappa shape index (κ1) is 28.8. The molecule has 1 aliphatic rings. The van der Waals surface area contributed by atoms with E-state index in [1.165, 1.54) is 6.42 Å². The van der Waals surface area contributed by atoms with E-state index in [9.17, 15) is 9.59 Å². The molecule has 0 saturated carbocycles. The monoisotopic (exact) mass is 484 g/mol. The van der Waals surface area contributed by atoms with Crippen LogP contribution >= 0.6 is 0 Å². The van der Waals surface area contributed by atoms with Crippen LogP contribution in [0.3, 0.4) is 0 Å². The number of carbonyl (C=O) groups excluding carboxylic acids is 2. The number of benzene rings is 1. The number of hydrogen-bond donors (Lipinski definition) is 0. The van der Waals surface area contributed by atoms with E-state index in [1.54, 1.807) is 6.92 Å². The summed E-state index contributed by atoms with van der Waals surface area (Å²) in [6, 6.07) is 10.1. The van der Waals surface area contributed by atoms with Gasteiger partial charge in [-0.05, 0) is 65.4 Å². The first-order valence-electron chi connectivity index (χ1n) is 13.1. The molecule has 0 fully saturated rings. The first-order chi connectivity index (χ1) is 16.7. The Morgan fingerprint density at radius 2 is 1.66 bits per heavy atom. The largest absolute Gasteiger partial charge is 0.457 e.